The molecule has 3 nitrogen and oxygen atoms in total. The summed E-state index contributed by atoms with van der Waals surface area (Å²) >= 11 is 4.94. The maximum Gasteiger partial charge on any atom is 0.113 e. The topological polar surface area (TPSA) is 53.2 Å². The van der Waals surface area contributed by atoms with E-state index in [9.17, 15) is 10.4 Å². The maximum atomic E-state index is 10.3. The van der Waals surface area contributed by atoms with Crippen LogP contribution in [0.2, 0.25) is 0 Å². The minimum absolute atomic E-state index is 0.319. The van der Waals surface area contributed by atoms with Gasteiger partial charge in [0.2, 0.25) is 0 Å². The number of ether oxygens (including phenoxy) is 1. The highest BCUT2D eigenvalue weighted by atomic mass is 79.9. The molecule has 1 aromatic heterocycles. The van der Waals surface area contributed by atoms with Crippen LogP contribution in [-0.2, 0) is 4.74 Å². The molecule has 0 aromatic carbocycles. The van der Waals surface area contributed by atoms with Crippen molar-refractivity contribution < 1.29 is 9.84 Å². The number of aliphatic hydroxyl groups is 1. The number of nitriles is 1. The summed E-state index contributed by atoms with van der Waals surface area (Å²) in [4.78, 5) is 1.94. The normalized spacial score (nSPS) is 26.6. The van der Waals surface area contributed by atoms with Gasteiger partial charge in [-0.1, -0.05) is 0 Å². The van der Waals surface area contributed by atoms with Gasteiger partial charge in [-0.25, -0.2) is 0 Å². The molecule has 0 amide bonds. The SMILES string of the molecule is Cc1sc(C(O)C2(C#N)CCOC2)cc1Br. The van der Waals surface area contributed by atoms with Crippen molar-refractivity contribution >= 4 is 27.3 Å². The number of nitrogens with zero attached hydrogens (tertiary/aromatic N) is 1. The molecule has 2 rings (SSSR count). The molecule has 1 saturated heterocycles. The summed E-state index contributed by atoms with van der Waals surface area (Å²) in [6.07, 6.45) is -0.158. The van der Waals surface area contributed by atoms with Gasteiger partial charge < -0.3 is 9.84 Å². The first kappa shape index (κ1) is 12.1. The summed E-state index contributed by atoms with van der Waals surface area (Å²) in [5.41, 5.74) is -0.767. The lowest BCUT2D eigenvalue weighted by molar-refractivity contribution is 0.0530. The van der Waals surface area contributed by atoms with E-state index in [1.165, 1.54) is 11.3 Å². The third-order valence-corrected chi connectivity index (χ3v) is 5.13. The van der Waals surface area contributed by atoms with Crippen molar-refractivity contribution in [2.75, 3.05) is 13.2 Å². The minimum atomic E-state index is -0.767. The fraction of sp³-hybridized carbons (Fsp3) is 0.545. The van der Waals surface area contributed by atoms with Crippen molar-refractivity contribution in [2.24, 2.45) is 5.41 Å². The van der Waals surface area contributed by atoms with E-state index >= 15 is 0 Å². The van der Waals surface area contributed by atoms with Gasteiger partial charge in [0.25, 0.3) is 0 Å². The van der Waals surface area contributed by atoms with Gasteiger partial charge in [-0.3, -0.25) is 0 Å². The van der Waals surface area contributed by atoms with Gasteiger partial charge in [-0.15, -0.1) is 11.3 Å². The molecule has 1 aromatic rings. The molecule has 5 heteroatoms. The van der Waals surface area contributed by atoms with E-state index in [4.69, 9.17) is 4.74 Å². The van der Waals surface area contributed by atoms with E-state index in [2.05, 4.69) is 22.0 Å². The van der Waals surface area contributed by atoms with Crippen LogP contribution in [0.15, 0.2) is 10.5 Å². The summed E-state index contributed by atoms with van der Waals surface area (Å²) in [5.74, 6) is 0. The molecule has 0 aliphatic carbocycles. The number of aliphatic hydroxyl groups excluding tert-OH is 1. The Bertz CT molecular complexity index is 412. The minimum Gasteiger partial charge on any atom is -0.386 e. The summed E-state index contributed by atoms with van der Waals surface area (Å²) in [6, 6.07) is 4.11. The van der Waals surface area contributed by atoms with Crippen LogP contribution in [0.3, 0.4) is 0 Å². The second kappa shape index (κ2) is 4.46. The Hall–Kier alpha value is -0.410. The fourth-order valence-corrected chi connectivity index (χ4v) is 3.50. The highest BCUT2D eigenvalue weighted by molar-refractivity contribution is 9.10. The molecule has 0 saturated carbocycles. The lowest BCUT2D eigenvalue weighted by Crippen LogP contribution is -2.27. The van der Waals surface area contributed by atoms with Crippen LogP contribution in [0.4, 0.5) is 0 Å². The summed E-state index contributed by atoms with van der Waals surface area (Å²) in [6.45, 7) is 2.85. The van der Waals surface area contributed by atoms with E-state index in [0.717, 1.165) is 14.2 Å². The van der Waals surface area contributed by atoms with Gasteiger partial charge in [0, 0.05) is 20.8 Å². The summed E-state index contributed by atoms with van der Waals surface area (Å²) in [7, 11) is 0. The Kier molecular flexibility index (Phi) is 3.36. The van der Waals surface area contributed by atoms with Gasteiger partial charge in [-0.05, 0) is 35.3 Å². The van der Waals surface area contributed by atoms with E-state index in [-0.39, 0.29) is 0 Å². The highest BCUT2D eigenvalue weighted by Crippen LogP contribution is 2.44. The zero-order chi connectivity index (χ0) is 11.8. The quantitative estimate of drug-likeness (QED) is 0.914. The van der Waals surface area contributed by atoms with Crippen molar-refractivity contribution in [2.45, 2.75) is 19.4 Å². The molecule has 86 valence electrons. The van der Waals surface area contributed by atoms with E-state index in [0.29, 0.717) is 19.6 Å². The van der Waals surface area contributed by atoms with Crippen LogP contribution in [0, 0.1) is 23.7 Å². The lowest BCUT2D eigenvalue weighted by Gasteiger charge is -2.24. The molecule has 0 bridgehead atoms. The number of halogens is 1. The van der Waals surface area contributed by atoms with Crippen LogP contribution >= 0.6 is 27.3 Å². The van der Waals surface area contributed by atoms with Crippen molar-refractivity contribution in [3.8, 4) is 6.07 Å². The summed E-state index contributed by atoms with van der Waals surface area (Å²) in [5, 5.41) is 19.5. The lowest BCUT2D eigenvalue weighted by atomic mass is 9.82. The predicted octanol–water partition coefficient (Wildman–Crippen LogP) is 2.78. The van der Waals surface area contributed by atoms with Gasteiger partial charge in [0.15, 0.2) is 0 Å². The third kappa shape index (κ3) is 1.91. The van der Waals surface area contributed by atoms with Crippen LogP contribution < -0.4 is 0 Å². The van der Waals surface area contributed by atoms with E-state index in [1.54, 1.807) is 0 Å². The maximum absolute atomic E-state index is 10.3. The molecule has 2 unspecified atom stereocenters. The monoisotopic (exact) mass is 301 g/mol. The molecule has 16 heavy (non-hydrogen) atoms. The fourth-order valence-electron chi connectivity index (χ4n) is 1.83. The zero-order valence-electron chi connectivity index (χ0n) is 8.86. The number of rotatable bonds is 2. The molecule has 1 aliphatic heterocycles. The Morgan fingerprint density at radius 1 is 1.75 bits per heavy atom. The van der Waals surface area contributed by atoms with Gasteiger partial charge in [-0.2, -0.15) is 5.26 Å². The van der Waals surface area contributed by atoms with Gasteiger partial charge >= 0.3 is 0 Å². The molecule has 1 fully saturated rings. The number of hydrogen-bond donors (Lipinski definition) is 1. The molecule has 2 heterocycles. The molecule has 1 aliphatic rings. The van der Waals surface area contributed by atoms with Crippen molar-refractivity contribution in [3.63, 3.8) is 0 Å². The first-order chi connectivity index (χ1) is 7.59. The average molecular weight is 302 g/mol. The van der Waals surface area contributed by atoms with E-state index in [1.807, 2.05) is 13.0 Å². The molecule has 2 atom stereocenters. The Labute approximate surface area is 107 Å². The Morgan fingerprint density at radius 3 is 2.94 bits per heavy atom. The predicted molar refractivity (Wildman–Crippen MR) is 65.2 cm³/mol. The number of hydrogen-bond acceptors (Lipinski definition) is 4. The number of thiophene rings is 1. The van der Waals surface area contributed by atoms with Crippen LogP contribution in [0.25, 0.3) is 0 Å². The van der Waals surface area contributed by atoms with Crippen molar-refractivity contribution in [3.05, 3.63) is 20.3 Å². The molecular weight excluding hydrogens is 290 g/mol. The van der Waals surface area contributed by atoms with Crippen LogP contribution in [0.5, 0.6) is 0 Å². The standard InChI is InChI=1S/C11H12BrNO2S/c1-7-8(12)4-9(16-7)10(14)11(5-13)2-3-15-6-11/h4,10,14H,2-3,6H2,1H3. The molecule has 0 radical (unpaired) electrons. The van der Waals surface area contributed by atoms with E-state index < -0.39 is 11.5 Å². The Balaban J connectivity index is 2.30. The number of aryl methyl sites for hydroxylation is 1. The first-order valence-corrected chi connectivity index (χ1v) is 6.63. The second-order valence-electron chi connectivity index (χ2n) is 4.03. The first-order valence-electron chi connectivity index (χ1n) is 5.02. The average Bonchev–Trinajstić information content (AvgIpc) is 2.87. The van der Waals surface area contributed by atoms with Crippen molar-refractivity contribution in [1.82, 2.24) is 0 Å². The van der Waals surface area contributed by atoms with Gasteiger partial charge in [0.05, 0.1) is 12.7 Å². The summed E-state index contributed by atoms with van der Waals surface area (Å²) < 4.78 is 6.23. The van der Waals surface area contributed by atoms with Crippen molar-refractivity contribution in [1.29, 1.82) is 5.26 Å². The molecule has 1 N–H and O–H groups in total. The molecular formula is C11H12BrNO2S. The Morgan fingerprint density at radius 2 is 2.50 bits per heavy atom. The molecule has 0 spiro atoms. The largest absolute Gasteiger partial charge is 0.386 e. The zero-order valence-corrected chi connectivity index (χ0v) is 11.3. The smallest absolute Gasteiger partial charge is 0.113 e. The van der Waals surface area contributed by atoms with Gasteiger partial charge in [0.1, 0.15) is 11.5 Å². The second-order valence-corrected chi connectivity index (χ2v) is 6.17. The van der Waals surface area contributed by atoms with Crippen LogP contribution in [0.1, 0.15) is 22.3 Å². The highest BCUT2D eigenvalue weighted by Gasteiger charge is 2.43. The third-order valence-electron chi connectivity index (χ3n) is 2.94. The van der Waals surface area contributed by atoms with Crippen LogP contribution in [-0.4, -0.2) is 18.3 Å².